The van der Waals surface area contributed by atoms with Crippen molar-refractivity contribution in [1.29, 1.82) is 0 Å². The fourth-order valence-electron chi connectivity index (χ4n) is 1.37. The molecule has 70 valence electrons. The first-order chi connectivity index (χ1) is 6.16. The monoisotopic (exact) mass is 194 g/mol. The summed E-state index contributed by atoms with van der Waals surface area (Å²) in [6.45, 7) is 6.25. The highest BCUT2D eigenvalue weighted by molar-refractivity contribution is 8.12. The number of hydrogen-bond acceptors (Lipinski definition) is 2. The van der Waals surface area contributed by atoms with Gasteiger partial charge in [0.1, 0.15) is 0 Å². The normalized spacial score (nSPS) is 12.5. The summed E-state index contributed by atoms with van der Waals surface area (Å²) in [5.41, 5.74) is 4.75. The lowest BCUT2D eigenvalue weighted by Crippen LogP contribution is -1.94. The predicted octanol–water partition coefficient (Wildman–Crippen LogP) is 3.29. The summed E-state index contributed by atoms with van der Waals surface area (Å²) in [7, 11) is 0. The van der Waals surface area contributed by atoms with Crippen LogP contribution in [0.2, 0.25) is 0 Å². The van der Waals surface area contributed by atoms with Crippen molar-refractivity contribution in [2.75, 3.05) is 0 Å². The van der Waals surface area contributed by atoms with Crippen molar-refractivity contribution in [2.45, 2.75) is 26.0 Å². The van der Waals surface area contributed by atoms with E-state index in [0.717, 1.165) is 5.62 Å². The highest BCUT2D eigenvalue weighted by atomic mass is 32.2. The Morgan fingerprint density at radius 3 is 2.69 bits per heavy atom. The van der Waals surface area contributed by atoms with E-state index in [4.69, 9.17) is 0 Å². The number of hydrogen-bond donors (Lipinski definition) is 0. The summed E-state index contributed by atoms with van der Waals surface area (Å²) < 4.78 is 0. The second-order valence-corrected chi connectivity index (χ2v) is 4.34. The Morgan fingerprint density at radius 1 is 1.38 bits per heavy atom. The molecule has 0 aliphatic heterocycles. The van der Waals surface area contributed by atoms with Crippen molar-refractivity contribution in [3.05, 3.63) is 34.9 Å². The van der Waals surface area contributed by atoms with Crippen LogP contribution in [0.3, 0.4) is 0 Å². The van der Waals surface area contributed by atoms with Crippen LogP contribution in [0.25, 0.3) is 0 Å². The highest BCUT2D eigenvalue weighted by Gasteiger charge is 2.08. The lowest BCUT2D eigenvalue weighted by atomic mass is 10.0. The van der Waals surface area contributed by atoms with Crippen LogP contribution in [0.15, 0.2) is 18.2 Å². The van der Waals surface area contributed by atoms with Crippen molar-refractivity contribution in [3.8, 4) is 0 Å². The Labute approximate surface area is 83.5 Å². The molecule has 13 heavy (non-hydrogen) atoms. The zero-order valence-electron chi connectivity index (χ0n) is 8.20. The third kappa shape index (κ3) is 2.34. The van der Waals surface area contributed by atoms with Gasteiger partial charge in [-0.05, 0) is 37.5 Å². The minimum atomic E-state index is 0.261. The average molecular weight is 194 g/mol. The maximum Gasteiger partial charge on any atom is 0.176 e. The van der Waals surface area contributed by atoms with Gasteiger partial charge in [0.05, 0.1) is 0 Å². The molecule has 0 aliphatic rings. The lowest BCUT2D eigenvalue weighted by Gasteiger charge is -2.12. The third-order valence-electron chi connectivity index (χ3n) is 2.34. The first-order valence-electron chi connectivity index (χ1n) is 4.32. The van der Waals surface area contributed by atoms with E-state index in [0.29, 0.717) is 0 Å². The van der Waals surface area contributed by atoms with E-state index in [1.165, 1.54) is 28.5 Å². The van der Waals surface area contributed by atoms with Gasteiger partial charge in [0.25, 0.3) is 0 Å². The molecule has 1 aromatic carbocycles. The van der Waals surface area contributed by atoms with Gasteiger partial charge in [-0.25, -0.2) is 0 Å². The molecule has 1 unspecified atom stereocenters. The number of carbonyl (C=O) groups is 1. The van der Waals surface area contributed by atoms with E-state index in [-0.39, 0.29) is 5.25 Å². The van der Waals surface area contributed by atoms with Crippen LogP contribution in [0.5, 0.6) is 0 Å². The SMILES string of the molecule is Cc1cccc(C(C)SC=O)c1C. The van der Waals surface area contributed by atoms with Crippen LogP contribution >= 0.6 is 11.8 Å². The molecule has 0 bridgehead atoms. The molecule has 0 aliphatic carbocycles. The van der Waals surface area contributed by atoms with Gasteiger partial charge in [-0.15, -0.1) is 0 Å². The minimum Gasteiger partial charge on any atom is -0.291 e. The largest absolute Gasteiger partial charge is 0.291 e. The quantitative estimate of drug-likeness (QED) is 0.687. The van der Waals surface area contributed by atoms with Crippen LogP contribution in [-0.2, 0) is 4.79 Å². The molecule has 0 radical (unpaired) electrons. The first-order valence-corrected chi connectivity index (χ1v) is 5.26. The number of aryl methyl sites for hydroxylation is 1. The standard InChI is InChI=1S/C11H14OS/c1-8-5-4-6-11(9(8)2)10(3)13-7-12/h4-7,10H,1-3H3. The van der Waals surface area contributed by atoms with E-state index in [1.54, 1.807) is 0 Å². The van der Waals surface area contributed by atoms with Crippen LogP contribution in [0.4, 0.5) is 0 Å². The predicted molar refractivity (Wildman–Crippen MR) is 58.7 cm³/mol. The molecule has 0 N–H and O–H groups in total. The third-order valence-corrected chi connectivity index (χ3v) is 3.12. The van der Waals surface area contributed by atoms with Gasteiger partial charge in [0.15, 0.2) is 5.62 Å². The van der Waals surface area contributed by atoms with E-state index in [9.17, 15) is 4.79 Å². The fraction of sp³-hybridized carbons (Fsp3) is 0.364. The maximum absolute atomic E-state index is 10.3. The number of thioether (sulfide) groups is 1. The van der Waals surface area contributed by atoms with Gasteiger partial charge in [-0.1, -0.05) is 30.0 Å². The zero-order chi connectivity index (χ0) is 9.84. The van der Waals surface area contributed by atoms with Crippen LogP contribution in [0.1, 0.15) is 28.9 Å². The summed E-state index contributed by atoms with van der Waals surface area (Å²) in [5.74, 6) is 0. The van der Waals surface area contributed by atoms with Gasteiger partial charge in [-0.2, -0.15) is 0 Å². The smallest absolute Gasteiger partial charge is 0.176 e. The van der Waals surface area contributed by atoms with E-state index < -0.39 is 0 Å². The van der Waals surface area contributed by atoms with E-state index >= 15 is 0 Å². The molecule has 0 saturated heterocycles. The van der Waals surface area contributed by atoms with Crippen molar-refractivity contribution < 1.29 is 4.79 Å². The molecule has 1 aromatic rings. The number of benzene rings is 1. The van der Waals surface area contributed by atoms with Gasteiger partial charge < -0.3 is 0 Å². The van der Waals surface area contributed by atoms with E-state index in [2.05, 4.69) is 32.9 Å². The van der Waals surface area contributed by atoms with Crippen molar-refractivity contribution in [2.24, 2.45) is 0 Å². The molecule has 0 amide bonds. The van der Waals surface area contributed by atoms with Gasteiger partial charge in [-0.3, -0.25) is 4.79 Å². The molecular weight excluding hydrogens is 180 g/mol. The highest BCUT2D eigenvalue weighted by Crippen LogP contribution is 2.29. The molecule has 0 saturated carbocycles. The fourth-order valence-corrected chi connectivity index (χ4v) is 1.94. The Bertz CT molecular complexity index is 307. The molecule has 1 rings (SSSR count). The number of carbonyl (C=O) groups excluding carboxylic acids is 1. The summed E-state index contributed by atoms with van der Waals surface area (Å²) >= 11 is 1.33. The van der Waals surface area contributed by atoms with Crippen LogP contribution in [-0.4, -0.2) is 5.62 Å². The molecule has 0 heterocycles. The molecule has 0 aromatic heterocycles. The zero-order valence-corrected chi connectivity index (χ0v) is 9.02. The lowest BCUT2D eigenvalue weighted by molar-refractivity contribution is 0.570. The summed E-state index contributed by atoms with van der Waals surface area (Å²) in [4.78, 5) is 10.3. The van der Waals surface area contributed by atoms with Crippen LogP contribution < -0.4 is 0 Å². The summed E-state index contributed by atoms with van der Waals surface area (Å²) in [6.07, 6.45) is 0. The minimum absolute atomic E-state index is 0.261. The van der Waals surface area contributed by atoms with Gasteiger partial charge in [0, 0.05) is 5.25 Å². The average Bonchev–Trinajstić information content (AvgIpc) is 2.10. The molecule has 2 heteroatoms. The van der Waals surface area contributed by atoms with Gasteiger partial charge in [0.2, 0.25) is 0 Å². The van der Waals surface area contributed by atoms with Crippen molar-refractivity contribution >= 4 is 17.4 Å². The second kappa shape index (κ2) is 4.47. The Morgan fingerprint density at radius 2 is 2.08 bits per heavy atom. The number of rotatable bonds is 3. The summed E-state index contributed by atoms with van der Waals surface area (Å²) in [5, 5.41) is 0.261. The first kappa shape index (κ1) is 10.3. The Hall–Kier alpha value is -0.760. The summed E-state index contributed by atoms with van der Waals surface area (Å²) in [6, 6.07) is 6.22. The van der Waals surface area contributed by atoms with Crippen LogP contribution in [0, 0.1) is 13.8 Å². The molecule has 1 atom stereocenters. The molecular formula is C11H14OS. The van der Waals surface area contributed by atoms with Crippen molar-refractivity contribution in [3.63, 3.8) is 0 Å². The molecule has 1 nitrogen and oxygen atoms in total. The molecule has 0 fully saturated rings. The van der Waals surface area contributed by atoms with E-state index in [1.807, 2.05) is 6.07 Å². The second-order valence-electron chi connectivity index (χ2n) is 3.16. The molecule has 0 spiro atoms. The van der Waals surface area contributed by atoms with Gasteiger partial charge >= 0.3 is 0 Å². The Balaban J connectivity index is 3.00. The maximum atomic E-state index is 10.3. The Kier molecular flexibility index (Phi) is 3.55. The topological polar surface area (TPSA) is 17.1 Å². The van der Waals surface area contributed by atoms with Crippen molar-refractivity contribution in [1.82, 2.24) is 0 Å².